The summed E-state index contributed by atoms with van der Waals surface area (Å²) in [6, 6.07) is 8.02. The lowest BCUT2D eigenvalue weighted by atomic mass is 10.2. The monoisotopic (exact) mass is 264 g/mol. The summed E-state index contributed by atoms with van der Waals surface area (Å²) < 4.78 is 26.4. The molecule has 0 bridgehead atoms. The maximum absolute atomic E-state index is 12.0. The highest BCUT2D eigenvalue weighted by Crippen LogP contribution is 2.14. The van der Waals surface area contributed by atoms with Gasteiger partial charge >= 0.3 is 0 Å². The molecule has 3 N–H and O–H groups in total. The van der Waals surface area contributed by atoms with E-state index in [0.717, 1.165) is 5.56 Å². The fourth-order valence-electron chi connectivity index (χ4n) is 1.37. The highest BCUT2D eigenvalue weighted by molar-refractivity contribution is 7.92. The first-order chi connectivity index (χ1) is 8.62. The highest BCUT2D eigenvalue weighted by Gasteiger charge is 2.15. The standard InChI is InChI=1S/C11H12N4O2S/c12-8-9-3-1-4-10(7-9)18(16,17)15-11-13-5-2-6-14-11/h1-7H,8,12H2,(H,13,14,15). The van der Waals surface area contributed by atoms with Gasteiger partial charge in [0.25, 0.3) is 10.0 Å². The first-order valence-electron chi connectivity index (χ1n) is 5.21. The summed E-state index contributed by atoms with van der Waals surface area (Å²) in [5.74, 6) is 0.0376. The van der Waals surface area contributed by atoms with Gasteiger partial charge in [-0.2, -0.15) is 0 Å². The first kappa shape index (κ1) is 12.5. The second-order valence-corrected chi connectivity index (χ2v) is 5.21. The third-order valence-corrected chi connectivity index (χ3v) is 3.56. The maximum Gasteiger partial charge on any atom is 0.264 e. The summed E-state index contributed by atoms with van der Waals surface area (Å²) in [4.78, 5) is 7.75. The molecule has 1 aromatic heterocycles. The minimum absolute atomic E-state index is 0.0376. The summed E-state index contributed by atoms with van der Waals surface area (Å²) in [5.41, 5.74) is 6.22. The molecule has 2 rings (SSSR count). The van der Waals surface area contributed by atoms with Crippen molar-refractivity contribution in [1.82, 2.24) is 9.97 Å². The Hall–Kier alpha value is -1.99. The number of hydrogen-bond acceptors (Lipinski definition) is 5. The molecule has 7 heteroatoms. The predicted octanol–water partition coefficient (Wildman–Crippen LogP) is 0.736. The third kappa shape index (κ3) is 2.82. The minimum atomic E-state index is -3.68. The van der Waals surface area contributed by atoms with E-state index in [0.29, 0.717) is 0 Å². The Morgan fingerprint density at radius 1 is 1.17 bits per heavy atom. The summed E-state index contributed by atoms with van der Waals surface area (Å²) in [6.45, 7) is 0.283. The van der Waals surface area contributed by atoms with Crippen LogP contribution in [0.25, 0.3) is 0 Å². The number of aromatic nitrogens is 2. The van der Waals surface area contributed by atoms with Crippen LogP contribution in [0, 0.1) is 0 Å². The van der Waals surface area contributed by atoms with E-state index in [1.807, 2.05) is 0 Å². The van der Waals surface area contributed by atoms with Crippen molar-refractivity contribution in [2.45, 2.75) is 11.4 Å². The fourth-order valence-corrected chi connectivity index (χ4v) is 2.40. The van der Waals surface area contributed by atoms with E-state index < -0.39 is 10.0 Å². The third-order valence-electron chi connectivity index (χ3n) is 2.24. The van der Waals surface area contributed by atoms with E-state index in [1.54, 1.807) is 18.2 Å². The molecular formula is C11H12N4O2S. The lowest BCUT2D eigenvalue weighted by Gasteiger charge is -2.07. The second kappa shape index (κ2) is 5.11. The van der Waals surface area contributed by atoms with Crippen molar-refractivity contribution < 1.29 is 8.42 Å². The van der Waals surface area contributed by atoms with Crippen LogP contribution >= 0.6 is 0 Å². The first-order valence-corrected chi connectivity index (χ1v) is 6.69. The molecule has 0 fully saturated rings. The van der Waals surface area contributed by atoms with Gasteiger partial charge in [-0.05, 0) is 23.8 Å². The largest absolute Gasteiger partial charge is 0.326 e. The Morgan fingerprint density at radius 2 is 1.89 bits per heavy atom. The number of nitrogens with two attached hydrogens (primary N) is 1. The zero-order chi connectivity index (χ0) is 13.0. The van der Waals surface area contributed by atoms with E-state index >= 15 is 0 Å². The van der Waals surface area contributed by atoms with Gasteiger partial charge in [-0.1, -0.05) is 12.1 Å². The van der Waals surface area contributed by atoms with Crippen LogP contribution < -0.4 is 10.5 Å². The molecule has 1 aromatic carbocycles. The van der Waals surface area contributed by atoms with Gasteiger partial charge in [-0.3, -0.25) is 0 Å². The molecule has 0 aliphatic carbocycles. The van der Waals surface area contributed by atoms with Gasteiger partial charge < -0.3 is 5.73 Å². The van der Waals surface area contributed by atoms with Gasteiger partial charge in [-0.25, -0.2) is 23.1 Å². The van der Waals surface area contributed by atoms with Gasteiger partial charge in [0.15, 0.2) is 0 Å². The van der Waals surface area contributed by atoms with Crippen LogP contribution in [0.2, 0.25) is 0 Å². The van der Waals surface area contributed by atoms with Crippen molar-refractivity contribution in [1.29, 1.82) is 0 Å². The van der Waals surface area contributed by atoms with E-state index in [1.165, 1.54) is 24.5 Å². The molecule has 1 heterocycles. The molecule has 0 saturated carbocycles. The molecule has 6 nitrogen and oxygen atoms in total. The molecule has 2 aromatic rings. The van der Waals surface area contributed by atoms with Crippen LogP contribution in [0.5, 0.6) is 0 Å². The second-order valence-electron chi connectivity index (χ2n) is 3.53. The van der Waals surface area contributed by atoms with Crippen LogP contribution in [-0.2, 0) is 16.6 Å². The van der Waals surface area contributed by atoms with Crippen molar-refractivity contribution in [3.8, 4) is 0 Å². The SMILES string of the molecule is NCc1cccc(S(=O)(=O)Nc2ncccn2)c1. The van der Waals surface area contributed by atoms with Crippen LogP contribution in [-0.4, -0.2) is 18.4 Å². The van der Waals surface area contributed by atoms with E-state index in [4.69, 9.17) is 5.73 Å². The number of nitrogens with one attached hydrogen (secondary N) is 1. The predicted molar refractivity (Wildman–Crippen MR) is 67.2 cm³/mol. The molecule has 0 unspecified atom stereocenters. The Morgan fingerprint density at radius 3 is 2.56 bits per heavy atom. The van der Waals surface area contributed by atoms with E-state index in [-0.39, 0.29) is 17.4 Å². The van der Waals surface area contributed by atoms with Gasteiger partial charge in [0.05, 0.1) is 4.90 Å². The normalized spacial score (nSPS) is 11.2. The summed E-state index contributed by atoms with van der Waals surface area (Å²) in [7, 11) is -3.68. The minimum Gasteiger partial charge on any atom is -0.326 e. The van der Waals surface area contributed by atoms with Gasteiger partial charge in [0, 0.05) is 18.9 Å². The van der Waals surface area contributed by atoms with Crippen LogP contribution in [0.4, 0.5) is 5.95 Å². The zero-order valence-corrected chi connectivity index (χ0v) is 10.3. The van der Waals surface area contributed by atoms with E-state index in [2.05, 4.69) is 14.7 Å². The number of nitrogens with zero attached hydrogens (tertiary/aromatic N) is 2. The van der Waals surface area contributed by atoms with Crippen molar-refractivity contribution in [2.75, 3.05) is 4.72 Å². The van der Waals surface area contributed by atoms with Gasteiger partial charge in [0.2, 0.25) is 5.95 Å². The quantitative estimate of drug-likeness (QED) is 0.848. The van der Waals surface area contributed by atoms with E-state index in [9.17, 15) is 8.42 Å². The summed E-state index contributed by atoms with van der Waals surface area (Å²) in [5, 5.41) is 0. The molecule has 94 valence electrons. The molecular weight excluding hydrogens is 252 g/mol. The molecule has 18 heavy (non-hydrogen) atoms. The Bertz CT molecular complexity index is 629. The number of sulfonamides is 1. The molecule has 0 radical (unpaired) electrons. The summed E-state index contributed by atoms with van der Waals surface area (Å²) >= 11 is 0. The van der Waals surface area contributed by atoms with Crippen LogP contribution in [0.15, 0.2) is 47.6 Å². The van der Waals surface area contributed by atoms with Crippen molar-refractivity contribution in [3.05, 3.63) is 48.3 Å². The number of anilines is 1. The topological polar surface area (TPSA) is 98.0 Å². The Kier molecular flexibility index (Phi) is 3.54. The molecule has 0 aliphatic heterocycles. The van der Waals surface area contributed by atoms with Crippen molar-refractivity contribution in [3.63, 3.8) is 0 Å². The van der Waals surface area contributed by atoms with Gasteiger partial charge in [-0.15, -0.1) is 0 Å². The number of benzene rings is 1. The van der Waals surface area contributed by atoms with Crippen molar-refractivity contribution >= 4 is 16.0 Å². The Balaban J connectivity index is 2.31. The molecule has 0 saturated heterocycles. The van der Waals surface area contributed by atoms with Gasteiger partial charge in [0.1, 0.15) is 0 Å². The molecule has 0 atom stereocenters. The zero-order valence-electron chi connectivity index (χ0n) is 9.45. The average molecular weight is 264 g/mol. The maximum atomic E-state index is 12.0. The molecule has 0 aliphatic rings. The summed E-state index contributed by atoms with van der Waals surface area (Å²) in [6.07, 6.45) is 2.92. The smallest absolute Gasteiger partial charge is 0.264 e. The lowest BCUT2D eigenvalue weighted by molar-refractivity contribution is 0.600. The van der Waals surface area contributed by atoms with Crippen LogP contribution in [0.3, 0.4) is 0 Å². The number of rotatable bonds is 4. The van der Waals surface area contributed by atoms with Crippen LogP contribution in [0.1, 0.15) is 5.56 Å². The van der Waals surface area contributed by atoms with Crippen molar-refractivity contribution in [2.24, 2.45) is 5.73 Å². The molecule has 0 spiro atoms. The fraction of sp³-hybridized carbons (Fsp3) is 0.0909. The lowest BCUT2D eigenvalue weighted by Crippen LogP contribution is -2.15. The highest BCUT2D eigenvalue weighted by atomic mass is 32.2. The number of hydrogen-bond donors (Lipinski definition) is 2. The molecule has 0 amide bonds. The average Bonchev–Trinajstić information content (AvgIpc) is 2.39. The Labute approximate surface area is 105 Å².